The fraction of sp³-hybridized carbons (Fsp3) is 0.312. The van der Waals surface area contributed by atoms with Crippen LogP contribution in [-0.2, 0) is 6.42 Å². The third-order valence-corrected chi connectivity index (χ3v) is 8.06. The standard InChI is InChI=1S/C24H28N2O.C8H6N2O/c27-16-15-25-11-13-26(14-12-25)20-7-10-22-19(17-20)6-9-23-21-4-2-1-3-18(21)5-8-24(22)23;11-8-6-3-1-2-4-7(6)9-5-10-8/h2,4,6-7,9-10,17,27H,1,3,5,8,11-16H2;1-5H,(H,9,10,11). The molecule has 0 radical (unpaired) electrons. The van der Waals surface area contributed by atoms with E-state index in [2.05, 4.69) is 62.3 Å². The topological polar surface area (TPSA) is 72.5 Å². The summed E-state index contributed by atoms with van der Waals surface area (Å²) in [6.07, 6.45) is 10.9. The van der Waals surface area contributed by atoms with Gasteiger partial charge in [-0.1, -0.05) is 48.1 Å². The van der Waals surface area contributed by atoms with Gasteiger partial charge in [0.25, 0.3) is 5.56 Å². The van der Waals surface area contributed by atoms with Crippen molar-refractivity contribution in [1.29, 1.82) is 0 Å². The number of aliphatic hydroxyl groups excluding tert-OH is 1. The molecule has 7 rings (SSSR count). The molecule has 0 unspecified atom stereocenters. The number of fused-ring (bicyclic) bond motifs is 5. The summed E-state index contributed by atoms with van der Waals surface area (Å²) in [4.78, 5) is 22.4. The second-order valence-electron chi connectivity index (χ2n) is 10.3. The number of β-amino-alcohol motifs (C(OH)–C–C–N with tert-alkyl or cyclic N) is 1. The summed E-state index contributed by atoms with van der Waals surface area (Å²) >= 11 is 0. The molecule has 194 valence electrons. The minimum atomic E-state index is -0.0874. The van der Waals surface area contributed by atoms with Crippen LogP contribution in [-0.4, -0.2) is 59.3 Å². The number of anilines is 1. The zero-order chi connectivity index (χ0) is 25.9. The van der Waals surface area contributed by atoms with Gasteiger partial charge in [0.2, 0.25) is 0 Å². The molecule has 1 saturated heterocycles. The number of benzene rings is 3. The Kier molecular flexibility index (Phi) is 7.08. The predicted octanol–water partition coefficient (Wildman–Crippen LogP) is 4.93. The number of rotatable bonds is 3. The Morgan fingerprint density at radius 1 is 0.921 bits per heavy atom. The van der Waals surface area contributed by atoms with E-state index in [-0.39, 0.29) is 12.2 Å². The Balaban J connectivity index is 0.000000200. The van der Waals surface area contributed by atoms with Crippen molar-refractivity contribution in [3.05, 3.63) is 100 Å². The quantitative estimate of drug-likeness (QED) is 0.412. The second-order valence-corrected chi connectivity index (χ2v) is 10.3. The predicted molar refractivity (Wildman–Crippen MR) is 156 cm³/mol. The van der Waals surface area contributed by atoms with Crippen molar-refractivity contribution in [3.63, 3.8) is 0 Å². The number of aromatic nitrogens is 2. The summed E-state index contributed by atoms with van der Waals surface area (Å²) in [5.41, 5.74) is 8.13. The third kappa shape index (κ3) is 4.89. The van der Waals surface area contributed by atoms with Crippen LogP contribution in [0.25, 0.3) is 27.2 Å². The molecular formula is C32H34N4O2. The lowest BCUT2D eigenvalue weighted by Crippen LogP contribution is -2.47. The highest BCUT2D eigenvalue weighted by Gasteiger charge is 2.21. The van der Waals surface area contributed by atoms with Crippen LogP contribution in [0.4, 0.5) is 5.69 Å². The number of hydrogen-bond donors (Lipinski definition) is 2. The number of nitrogens with zero attached hydrogens (tertiary/aromatic N) is 3. The lowest BCUT2D eigenvalue weighted by Gasteiger charge is -2.36. The van der Waals surface area contributed by atoms with Gasteiger partial charge >= 0.3 is 0 Å². The lowest BCUT2D eigenvalue weighted by atomic mass is 9.79. The van der Waals surface area contributed by atoms with E-state index in [0.29, 0.717) is 5.39 Å². The molecule has 0 bridgehead atoms. The van der Waals surface area contributed by atoms with E-state index < -0.39 is 0 Å². The molecule has 2 aliphatic carbocycles. The van der Waals surface area contributed by atoms with Crippen LogP contribution in [0.3, 0.4) is 0 Å². The number of aryl methyl sites for hydroxylation is 1. The summed E-state index contributed by atoms with van der Waals surface area (Å²) in [6.45, 7) is 5.20. The molecule has 2 N–H and O–H groups in total. The van der Waals surface area contributed by atoms with E-state index in [1.54, 1.807) is 11.6 Å². The van der Waals surface area contributed by atoms with Crippen molar-refractivity contribution >= 4 is 32.9 Å². The van der Waals surface area contributed by atoms with Gasteiger partial charge in [0.15, 0.2) is 0 Å². The third-order valence-electron chi connectivity index (χ3n) is 8.06. The Morgan fingerprint density at radius 3 is 2.63 bits per heavy atom. The monoisotopic (exact) mass is 506 g/mol. The first kappa shape index (κ1) is 24.6. The summed E-state index contributed by atoms with van der Waals surface area (Å²) < 4.78 is 0. The first-order valence-electron chi connectivity index (χ1n) is 13.7. The van der Waals surface area contributed by atoms with E-state index in [1.807, 2.05) is 18.2 Å². The Labute approximate surface area is 222 Å². The highest BCUT2D eigenvalue weighted by Crippen LogP contribution is 2.40. The number of allylic oxidation sites excluding steroid dienone is 4. The van der Waals surface area contributed by atoms with Crippen LogP contribution < -0.4 is 10.5 Å². The van der Waals surface area contributed by atoms with Crippen molar-refractivity contribution in [2.75, 3.05) is 44.2 Å². The van der Waals surface area contributed by atoms with E-state index in [4.69, 9.17) is 5.11 Å². The minimum absolute atomic E-state index is 0.0874. The van der Waals surface area contributed by atoms with Crippen molar-refractivity contribution in [2.24, 2.45) is 0 Å². The van der Waals surface area contributed by atoms with Crippen LogP contribution in [0.1, 0.15) is 30.4 Å². The molecule has 1 fully saturated rings. The maximum Gasteiger partial charge on any atom is 0.258 e. The highest BCUT2D eigenvalue weighted by molar-refractivity contribution is 5.95. The van der Waals surface area contributed by atoms with Crippen molar-refractivity contribution in [1.82, 2.24) is 14.9 Å². The van der Waals surface area contributed by atoms with Crippen LogP contribution in [0.5, 0.6) is 0 Å². The first-order valence-corrected chi connectivity index (χ1v) is 13.7. The number of piperazine rings is 1. The molecule has 0 spiro atoms. The fourth-order valence-corrected chi connectivity index (χ4v) is 6.01. The van der Waals surface area contributed by atoms with Gasteiger partial charge in [-0.2, -0.15) is 0 Å². The lowest BCUT2D eigenvalue weighted by molar-refractivity contribution is 0.189. The van der Waals surface area contributed by atoms with Crippen LogP contribution in [0, 0.1) is 0 Å². The number of aliphatic hydroxyl groups is 1. The molecule has 6 heteroatoms. The number of aromatic amines is 1. The Bertz CT molecular complexity index is 1570. The molecule has 3 aliphatic rings. The molecule has 0 saturated carbocycles. The van der Waals surface area contributed by atoms with E-state index >= 15 is 0 Å². The molecule has 2 heterocycles. The zero-order valence-corrected chi connectivity index (χ0v) is 21.7. The van der Waals surface area contributed by atoms with Gasteiger partial charge in [0, 0.05) is 38.4 Å². The average molecular weight is 507 g/mol. The van der Waals surface area contributed by atoms with Crippen molar-refractivity contribution in [3.8, 4) is 0 Å². The molecule has 3 aromatic carbocycles. The first-order chi connectivity index (χ1) is 18.7. The minimum Gasteiger partial charge on any atom is -0.395 e. The number of para-hydroxylation sites is 1. The van der Waals surface area contributed by atoms with E-state index in [0.717, 1.165) is 38.2 Å². The molecule has 6 nitrogen and oxygen atoms in total. The van der Waals surface area contributed by atoms with Gasteiger partial charge in [0.1, 0.15) is 0 Å². The van der Waals surface area contributed by atoms with Crippen LogP contribution in [0.15, 0.2) is 83.4 Å². The Morgan fingerprint density at radius 2 is 1.79 bits per heavy atom. The highest BCUT2D eigenvalue weighted by atomic mass is 16.3. The molecule has 1 aliphatic heterocycles. The summed E-state index contributed by atoms with van der Waals surface area (Å²) in [5.74, 6) is 0. The number of nitrogens with one attached hydrogen (secondary N) is 1. The normalized spacial score (nSPS) is 17.2. The van der Waals surface area contributed by atoms with Gasteiger partial charge in [-0.3, -0.25) is 9.69 Å². The van der Waals surface area contributed by atoms with Gasteiger partial charge in [-0.25, -0.2) is 4.98 Å². The number of H-pyrrole nitrogens is 1. The van der Waals surface area contributed by atoms with Gasteiger partial charge < -0.3 is 15.0 Å². The van der Waals surface area contributed by atoms with Crippen molar-refractivity contribution in [2.45, 2.75) is 25.7 Å². The Hall–Kier alpha value is -3.74. The SMILES string of the molecule is O=c1[nH]cnc2ccccc12.OCCN1CCN(c2ccc3c4c(ccc3c2)C2=C(CCC=C2)CC4)CC1. The van der Waals surface area contributed by atoms with Crippen LogP contribution >= 0.6 is 0 Å². The molecule has 0 amide bonds. The van der Waals surface area contributed by atoms with E-state index in [9.17, 15) is 4.79 Å². The van der Waals surface area contributed by atoms with Gasteiger partial charge in [-0.15, -0.1) is 0 Å². The van der Waals surface area contributed by atoms with Gasteiger partial charge in [-0.05, 0) is 77.4 Å². The second kappa shape index (κ2) is 10.9. The summed E-state index contributed by atoms with van der Waals surface area (Å²) in [7, 11) is 0. The number of hydrogen-bond acceptors (Lipinski definition) is 5. The molecular weight excluding hydrogens is 472 g/mol. The molecule has 1 aromatic heterocycles. The summed E-state index contributed by atoms with van der Waals surface area (Å²) in [5, 5.41) is 12.6. The molecule has 4 aromatic rings. The maximum atomic E-state index is 11.1. The van der Waals surface area contributed by atoms with Crippen molar-refractivity contribution < 1.29 is 5.11 Å². The average Bonchev–Trinajstić information content (AvgIpc) is 2.98. The summed E-state index contributed by atoms with van der Waals surface area (Å²) in [6, 6.07) is 18.9. The fourth-order valence-electron chi connectivity index (χ4n) is 6.01. The maximum absolute atomic E-state index is 11.1. The van der Waals surface area contributed by atoms with E-state index in [1.165, 1.54) is 65.2 Å². The molecule has 38 heavy (non-hydrogen) atoms. The van der Waals surface area contributed by atoms with Crippen LogP contribution in [0.2, 0.25) is 0 Å². The molecule has 0 atom stereocenters. The largest absolute Gasteiger partial charge is 0.395 e. The zero-order valence-electron chi connectivity index (χ0n) is 21.7. The smallest absolute Gasteiger partial charge is 0.258 e. The van der Waals surface area contributed by atoms with Gasteiger partial charge in [0.05, 0.1) is 23.8 Å².